The van der Waals surface area contributed by atoms with Gasteiger partial charge in [0.2, 0.25) is 0 Å². The van der Waals surface area contributed by atoms with Crippen LogP contribution in [0.4, 0.5) is 8.78 Å². The summed E-state index contributed by atoms with van der Waals surface area (Å²) in [5.41, 5.74) is 8.11. The molecule has 0 unspecified atom stereocenters. The van der Waals surface area contributed by atoms with Crippen LogP contribution in [0.1, 0.15) is 25.1 Å². The van der Waals surface area contributed by atoms with Crippen LogP contribution in [-0.2, 0) is 25.5 Å². The van der Waals surface area contributed by atoms with Crippen molar-refractivity contribution in [2.45, 2.75) is 36.5 Å². The van der Waals surface area contributed by atoms with Crippen molar-refractivity contribution in [1.29, 1.82) is 0 Å². The maximum atomic E-state index is 15.6. The molecule has 0 atom stereocenters. The van der Waals surface area contributed by atoms with Crippen LogP contribution < -0.4 is 4.40 Å². The molecule has 0 aliphatic rings. The van der Waals surface area contributed by atoms with Crippen molar-refractivity contribution in [3.05, 3.63) is 199 Å². The van der Waals surface area contributed by atoms with Gasteiger partial charge in [-0.3, -0.25) is 9.37 Å². The number of pyridine rings is 2. The molecule has 309 valence electrons. The average Bonchev–Trinajstić information content (AvgIpc) is 3.87. The zero-order valence-electron chi connectivity index (χ0n) is 34.9. The first-order valence-electron chi connectivity index (χ1n) is 20.2. The van der Waals surface area contributed by atoms with E-state index < -0.39 is 13.3 Å². The average molecular weight is 1070 g/mol. The van der Waals surface area contributed by atoms with Crippen LogP contribution in [0.25, 0.3) is 70.8 Å². The molecule has 9 heteroatoms. The van der Waals surface area contributed by atoms with E-state index in [1.165, 1.54) is 27.9 Å². The molecular formula is C53H42F2GeIrN4S-2. The minimum absolute atomic E-state index is 0. The second kappa shape index (κ2) is 17.6. The minimum atomic E-state index is -1.72. The Labute approximate surface area is 381 Å². The largest absolute Gasteiger partial charge is 0 e. The monoisotopic (exact) mass is 1070 g/mol. The Morgan fingerprint density at radius 1 is 0.710 bits per heavy atom. The Bertz CT molecular complexity index is 3160. The van der Waals surface area contributed by atoms with Crippen molar-refractivity contribution >= 4 is 60.3 Å². The van der Waals surface area contributed by atoms with Crippen LogP contribution in [0, 0.1) is 23.8 Å². The smallest absolute Gasteiger partial charge is 0 e. The number of thiophene rings is 1. The number of benzene rings is 6. The molecule has 0 fully saturated rings. The molecule has 6 aromatic carbocycles. The molecule has 1 radical (unpaired) electrons. The summed E-state index contributed by atoms with van der Waals surface area (Å²) in [5, 5.41) is 1.26. The van der Waals surface area contributed by atoms with Gasteiger partial charge in [-0.15, -0.1) is 12.1 Å². The summed E-state index contributed by atoms with van der Waals surface area (Å²) in [6.07, 6.45) is 2.04. The standard InChI is InChI=1S/C39H26F2N3S.C14H16GeN.Ir/c1-39(2,25-13-7-4-8-14-25)34-22-19-27-35-31(41)21-18-28(36(35)45-38(27)43-34)37-42-32-15-9-10-16-33(32)44(37)26-17-20-30(40)29(23-26)24-11-5-3-6-12-24;1-15(2,3)13-9-10-14(16-11-13)12-7-5-4-6-8-12;/h3-17,19-23H,1-2H3;4-7,9-11H,1-3H3;/q2*-1;. The van der Waals surface area contributed by atoms with Crippen molar-refractivity contribution in [2.24, 2.45) is 0 Å². The molecule has 0 aliphatic carbocycles. The molecule has 4 aromatic heterocycles. The Morgan fingerprint density at radius 3 is 2.15 bits per heavy atom. The molecule has 4 nitrogen and oxygen atoms in total. The predicted octanol–water partition coefficient (Wildman–Crippen LogP) is 13.6. The number of nitrogens with zero attached hydrogens (tertiary/aromatic N) is 4. The number of para-hydroxylation sites is 2. The summed E-state index contributed by atoms with van der Waals surface area (Å²) in [6, 6.07) is 56.7. The van der Waals surface area contributed by atoms with Gasteiger partial charge >= 0.3 is 99.8 Å². The van der Waals surface area contributed by atoms with E-state index in [1.54, 1.807) is 6.07 Å². The third kappa shape index (κ3) is 8.32. The fraction of sp³-hybridized carbons (Fsp3) is 0.113. The normalized spacial score (nSPS) is 11.7. The van der Waals surface area contributed by atoms with Crippen LogP contribution in [0.15, 0.2) is 164 Å². The van der Waals surface area contributed by atoms with E-state index in [4.69, 9.17) is 9.97 Å². The minimum Gasteiger partial charge on any atom is 0 e. The Morgan fingerprint density at radius 2 is 1.44 bits per heavy atom. The first-order chi connectivity index (χ1) is 29.5. The number of imidazole rings is 1. The van der Waals surface area contributed by atoms with Gasteiger partial charge in [0.05, 0.1) is 22.6 Å². The summed E-state index contributed by atoms with van der Waals surface area (Å²) in [5.74, 6) is 7.08. The van der Waals surface area contributed by atoms with E-state index in [0.717, 1.165) is 55.0 Å². The van der Waals surface area contributed by atoms with Crippen molar-refractivity contribution in [2.75, 3.05) is 0 Å². The molecule has 0 aliphatic heterocycles. The van der Waals surface area contributed by atoms with Gasteiger partial charge in [-0.05, 0) is 57.6 Å². The fourth-order valence-corrected chi connectivity index (χ4v) is 11.0. The third-order valence-corrected chi connectivity index (χ3v) is 16.6. The van der Waals surface area contributed by atoms with Gasteiger partial charge in [-0.2, -0.15) is 11.3 Å². The van der Waals surface area contributed by atoms with Crippen molar-refractivity contribution in [1.82, 2.24) is 19.5 Å². The van der Waals surface area contributed by atoms with Gasteiger partial charge in [-0.25, -0.2) is 9.37 Å². The zero-order valence-corrected chi connectivity index (χ0v) is 40.2. The predicted molar refractivity (Wildman–Crippen MR) is 251 cm³/mol. The second-order valence-electron chi connectivity index (χ2n) is 16.6. The third-order valence-electron chi connectivity index (χ3n) is 11.2. The van der Waals surface area contributed by atoms with Gasteiger partial charge < -0.3 is 4.57 Å². The van der Waals surface area contributed by atoms with E-state index in [9.17, 15) is 0 Å². The maximum Gasteiger partial charge on any atom is 0 e. The van der Waals surface area contributed by atoms with Gasteiger partial charge in [-0.1, -0.05) is 98.3 Å². The SMILES string of the molecule is CC(C)(c1ccccc1)c1ccc2c(n1)sc1c(-c3nc4ccccc4n3-c3ccc(F)c(-c4ccccc4)c3)[c-]cc(F)c12.[CH3][Ge]([CH3])([CH3])[c]1ccc(-c2[c-]cccc2)nc1.[Ir]. The molecule has 0 spiro atoms. The first-order valence-corrected chi connectivity index (χ1v) is 28.4. The van der Waals surface area contributed by atoms with E-state index in [2.05, 4.69) is 72.5 Å². The zero-order chi connectivity index (χ0) is 42.3. The number of fused-ring (bicyclic) bond motifs is 4. The van der Waals surface area contributed by atoms with Crippen molar-refractivity contribution in [3.63, 3.8) is 0 Å². The van der Waals surface area contributed by atoms with Crippen molar-refractivity contribution < 1.29 is 28.9 Å². The molecule has 62 heavy (non-hydrogen) atoms. The molecule has 10 aromatic rings. The Hall–Kier alpha value is -5.64. The van der Waals surface area contributed by atoms with Gasteiger partial charge in [0.1, 0.15) is 10.6 Å². The fourth-order valence-electron chi connectivity index (χ4n) is 7.68. The van der Waals surface area contributed by atoms with Gasteiger partial charge in [0, 0.05) is 48.0 Å². The number of rotatable bonds is 7. The first kappa shape index (κ1) is 43.0. The Kier molecular flexibility index (Phi) is 12.2. The van der Waals surface area contributed by atoms with Crippen LogP contribution in [-0.4, -0.2) is 32.8 Å². The van der Waals surface area contributed by atoms with E-state index >= 15 is 8.78 Å². The topological polar surface area (TPSA) is 43.6 Å². The molecule has 0 saturated heterocycles. The van der Waals surface area contributed by atoms with Crippen molar-refractivity contribution in [3.8, 4) is 39.5 Å². The molecule has 0 N–H and O–H groups in total. The second-order valence-corrected chi connectivity index (χ2v) is 28.3. The molecule has 0 bridgehead atoms. The van der Waals surface area contributed by atoms with Crippen LogP contribution in [0.2, 0.25) is 17.3 Å². The Balaban J connectivity index is 0.000000263. The van der Waals surface area contributed by atoms with E-state index in [-0.39, 0.29) is 37.2 Å². The number of hydrogen-bond donors (Lipinski definition) is 0. The maximum absolute atomic E-state index is 15.6. The summed E-state index contributed by atoms with van der Waals surface area (Å²) in [7, 11) is 0. The summed E-state index contributed by atoms with van der Waals surface area (Å²) >= 11 is -0.273. The van der Waals surface area contributed by atoms with E-state index in [0.29, 0.717) is 27.0 Å². The molecule has 10 rings (SSSR count). The van der Waals surface area contributed by atoms with Gasteiger partial charge in [0.15, 0.2) is 0 Å². The van der Waals surface area contributed by atoms with E-state index in [1.807, 2.05) is 126 Å². The van der Waals surface area contributed by atoms with Crippen LogP contribution >= 0.6 is 11.3 Å². The summed E-state index contributed by atoms with van der Waals surface area (Å²) < 4.78 is 35.0. The quantitative estimate of drug-likeness (QED) is 0.118. The van der Waals surface area contributed by atoms with Crippen LogP contribution in [0.3, 0.4) is 0 Å². The molecule has 4 heterocycles. The molecule has 0 amide bonds. The number of hydrogen-bond acceptors (Lipinski definition) is 4. The number of halogens is 2. The number of aromatic nitrogens is 4. The van der Waals surface area contributed by atoms with Gasteiger partial charge in [0.25, 0.3) is 0 Å². The summed E-state index contributed by atoms with van der Waals surface area (Å²) in [6.45, 7) is 4.30. The summed E-state index contributed by atoms with van der Waals surface area (Å²) in [4.78, 5) is 15.4. The molecule has 0 saturated carbocycles. The van der Waals surface area contributed by atoms with Crippen LogP contribution in [0.5, 0.6) is 0 Å². The molecular weight excluding hydrogens is 1030 g/mol.